The summed E-state index contributed by atoms with van der Waals surface area (Å²) in [4.78, 5) is 13.4. The van der Waals surface area contributed by atoms with Gasteiger partial charge in [0.05, 0.1) is 29.7 Å². The van der Waals surface area contributed by atoms with Crippen LogP contribution in [0.3, 0.4) is 0 Å². The van der Waals surface area contributed by atoms with Crippen LogP contribution in [0.2, 0.25) is 0 Å². The smallest absolute Gasteiger partial charge is 0.475 e. The van der Waals surface area contributed by atoms with Gasteiger partial charge in [-0.05, 0) is 25.8 Å². The van der Waals surface area contributed by atoms with Crippen LogP contribution in [0.5, 0.6) is 0 Å². The first-order valence-electron chi connectivity index (χ1n) is 8.84. The zero-order valence-electron chi connectivity index (χ0n) is 15.4. The van der Waals surface area contributed by atoms with E-state index in [1.54, 1.807) is 10.5 Å². The molecular weight excluding hydrogens is 415 g/mol. The Bertz CT molecular complexity index is 967. The number of carboxylic acid groups (broad SMARTS) is 1. The summed E-state index contributed by atoms with van der Waals surface area (Å²) in [6, 6.07) is 1.69. The third kappa shape index (κ3) is 4.61. The van der Waals surface area contributed by atoms with Crippen LogP contribution in [0.4, 0.5) is 13.2 Å². The number of imidazole rings is 1. The Morgan fingerprint density at radius 3 is 2.48 bits per heavy atom. The summed E-state index contributed by atoms with van der Waals surface area (Å²) in [6.45, 7) is 3.76. The lowest BCUT2D eigenvalue weighted by Crippen LogP contribution is -2.43. The normalized spacial score (nSPS) is 19.9. The number of carbonyl (C=O) groups is 1. The van der Waals surface area contributed by atoms with E-state index < -0.39 is 22.2 Å². The maximum atomic E-state index is 12.5. The Morgan fingerprint density at radius 2 is 1.97 bits per heavy atom. The molecule has 1 unspecified atom stereocenters. The summed E-state index contributed by atoms with van der Waals surface area (Å²) >= 11 is 0. The fourth-order valence-corrected chi connectivity index (χ4v) is 5.12. The zero-order valence-corrected chi connectivity index (χ0v) is 16.3. The van der Waals surface area contributed by atoms with Crippen LogP contribution >= 0.6 is 0 Å². The molecule has 0 bridgehead atoms. The van der Waals surface area contributed by atoms with Crippen molar-refractivity contribution in [3.05, 3.63) is 36.2 Å². The van der Waals surface area contributed by atoms with E-state index in [-0.39, 0.29) is 11.3 Å². The van der Waals surface area contributed by atoms with E-state index in [1.165, 1.54) is 0 Å². The maximum absolute atomic E-state index is 12.5. The lowest BCUT2D eigenvalue weighted by Gasteiger charge is -2.33. The second-order valence-electron chi connectivity index (χ2n) is 6.80. The Morgan fingerprint density at radius 1 is 1.31 bits per heavy atom. The van der Waals surface area contributed by atoms with Crippen molar-refractivity contribution in [3.8, 4) is 0 Å². The van der Waals surface area contributed by atoms with Crippen molar-refractivity contribution in [2.45, 2.75) is 50.3 Å². The van der Waals surface area contributed by atoms with Crippen LogP contribution in [-0.2, 0) is 27.9 Å². The number of aliphatic carboxylic acids is 1. The SMILES string of the molecule is CC1c2ncc(Cn3cccn3)n2CCN1S(=O)(=O)C1CC1.O=C(O)C(F)(F)F. The molecule has 160 valence electrons. The van der Waals surface area contributed by atoms with Crippen LogP contribution < -0.4 is 0 Å². The Balaban J connectivity index is 0.000000298. The van der Waals surface area contributed by atoms with Gasteiger partial charge in [0, 0.05) is 25.5 Å². The molecule has 1 atom stereocenters. The average molecular weight is 435 g/mol. The van der Waals surface area contributed by atoms with Crippen molar-refractivity contribution >= 4 is 16.0 Å². The predicted octanol–water partition coefficient (Wildman–Crippen LogP) is 1.63. The third-order valence-electron chi connectivity index (χ3n) is 4.72. The summed E-state index contributed by atoms with van der Waals surface area (Å²) in [5, 5.41) is 11.2. The molecule has 0 radical (unpaired) electrons. The fraction of sp³-hybridized carbons (Fsp3) is 0.562. The van der Waals surface area contributed by atoms with Gasteiger partial charge in [0.15, 0.2) is 0 Å². The summed E-state index contributed by atoms with van der Waals surface area (Å²) < 4.78 is 62.4. The highest BCUT2D eigenvalue weighted by molar-refractivity contribution is 7.90. The van der Waals surface area contributed by atoms with Gasteiger partial charge in [0.2, 0.25) is 10.0 Å². The molecule has 2 aliphatic rings. The molecule has 0 spiro atoms. The summed E-state index contributed by atoms with van der Waals surface area (Å²) in [7, 11) is -3.16. The number of halogens is 3. The molecule has 2 aromatic rings. The lowest BCUT2D eigenvalue weighted by molar-refractivity contribution is -0.192. The molecule has 2 aromatic heterocycles. The summed E-state index contributed by atoms with van der Waals surface area (Å²) in [6.07, 6.45) is 2.01. The average Bonchev–Trinajstić information content (AvgIpc) is 3.24. The van der Waals surface area contributed by atoms with Gasteiger partial charge in [-0.1, -0.05) is 0 Å². The molecule has 1 N–H and O–H groups in total. The molecule has 1 fully saturated rings. The Hall–Kier alpha value is -2.41. The molecule has 1 saturated carbocycles. The molecule has 4 rings (SSSR count). The van der Waals surface area contributed by atoms with Gasteiger partial charge in [0.1, 0.15) is 5.82 Å². The van der Waals surface area contributed by atoms with Gasteiger partial charge in [-0.3, -0.25) is 4.68 Å². The first-order valence-corrected chi connectivity index (χ1v) is 10.3. The first-order chi connectivity index (χ1) is 13.5. The molecule has 13 heteroatoms. The maximum Gasteiger partial charge on any atom is 0.490 e. The monoisotopic (exact) mass is 435 g/mol. The van der Waals surface area contributed by atoms with Gasteiger partial charge in [-0.15, -0.1) is 0 Å². The molecule has 9 nitrogen and oxygen atoms in total. The van der Waals surface area contributed by atoms with Crippen molar-refractivity contribution < 1.29 is 31.5 Å². The van der Waals surface area contributed by atoms with E-state index in [4.69, 9.17) is 9.90 Å². The highest BCUT2D eigenvalue weighted by Crippen LogP contribution is 2.36. The molecule has 29 heavy (non-hydrogen) atoms. The number of sulfonamides is 1. The largest absolute Gasteiger partial charge is 0.490 e. The van der Waals surface area contributed by atoms with Crippen LogP contribution in [0.1, 0.15) is 37.3 Å². The van der Waals surface area contributed by atoms with Gasteiger partial charge < -0.3 is 9.67 Å². The number of rotatable bonds is 4. The van der Waals surface area contributed by atoms with Gasteiger partial charge >= 0.3 is 12.1 Å². The number of alkyl halides is 3. The minimum atomic E-state index is -5.08. The van der Waals surface area contributed by atoms with E-state index >= 15 is 0 Å². The molecule has 1 aliphatic heterocycles. The van der Waals surface area contributed by atoms with E-state index in [0.29, 0.717) is 19.6 Å². The molecule has 0 saturated heterocycles. The van der Waals surface area contributed by atoms with Crippen molar-refractivity contribution in [2.75, 3.05) is 6.54 Å². The number of fused-ring (bicyclic) bond motifs is 1. The number of carboxylic acids is 1. The fourth-order valence-electron chi connectivity index (χ4n) is 3.13. The highest BCUT2D eigenvalue weighted by atomic mass is 32.2. The second-order valence-corrected chi connectivity index (χ2v) is 8.96. The predicted molar refractivity (Wildman–Crippen MR) is 94.3 cm³/mol. The molecular formula is C16H20F3N5O4S. The van der Waals surface area contributed by atoms with Crippen LogP contribution in [0.25, 0.3) is 0 Å². The third-order valence-corrected chi connectivity index (χ3v) is 7.18. The topological polar surface area (TPSA) is 110 Å². The van der Waals surface area contributed by atoms with E-state index in [2.05, 4.69) is 14.6 Å². The number of hydrogen-bond donors (Lipinski definition) is 1. The zero-order chi connectivity index (χ0) is 21.4. The number of aromatic nitrogens is 4. The molecule has 0 aromatic carbocycles. The molecule has 1 aliphatic carbocycles. The minimum Gasteiger partial charge on any atom is -0.475 e. The van der Waals surface area contributed by atoms with E-state index in [0.717, 1.165) is 24.4 Å². The standard InChI is InChI=1S/C14H19N5O2S.C2HF3O2/c1-11-14-15-9-12(10-17-6-2-5-16-17)18(14)7-8-19(11)22(20,21)13-3-4-13;3-2(4,5)1(6)7/h2,5-6,9,11,13H,3-4,7-8,10H2,1H3;(H,6,7). The van der Waals surface area contributed by atoms with E-state index in [9.17, 15) is 21.6 Å². The minimum absolute atomic E-state index is 0.167. The van der Waals surface area contributed by atoms with Crippen molar-refractivity contribution in [1.82, 2.24) is 23.6 Å². The van der Waals surface area contributed by atoms with Gasteiger partial charge in [-0.2, -0.15) is 22.6 Å². The highest BCUT2D eigenvalue weighted by Gasteiger charge is 2.44. The van der Waals surface area contributed by atoms with Crippen LogP contribution in [0, 0.1) is 0 Å². The first kappa shape index (κ1) is 21.3. The second kappa shape index (κ2) is 7.78. The van der Waals surface area contributed by atoms with Crippen molar-refractivity contribution in [2.24, 2.45) is 0 Å². The van der Waals surface area contributed by atoms with E-state index in [1.807, 2.05) is 30.1 Å². The van der Waals surface area contributed by atoms with Crippen LogP contribution in [-0.4, -0.2) is 61.1 Å². The molecule has 3 heterocycles. The lowest BCUT2D eigenvalue weighted by atomic mass is 10.2. The van der Waals surface area contributed by atoms with Gasteiger partial charge in [0.25, 0.3) is 0 Å². The number of nitrogens with zero attached hydrogens (tertiary/aromatic N) is 5. The summed E-state index contributed by atoms with van der Waals surface area (Å²) in [5.74, 6) is -1.93. The van der Waals surface area contributed by atoms with Crippen molar-refractivity contribution in [1.29, 1.82) is 0 Å². The summed E-state index contributed by atoms with van der Waals surface area (Å²) in [5.41, 5.74) is 1.06. The Kier molecular flexibility index (Phi) is 5.72. The quantitative estimate of drug-likeness (QED) is 0.782. The number of hydrogen-bond acceptors (Lipinski definition) is 5. The van der Waals surface area contributed by atoms with Crippen molar-refractivity contribution in [3.63, 3.8) is 0 Å². The van der Waals surface area contributed by atoms with Crippen LogP contribution in [0.15, 0.2) is 24.7 Å². The Labute approximate surface area is 164 Å². The molecule has 0 amide bonds. The van der Waals surface area contributed by atoms with Gasteiger partial charge in [-0.25, -0.2) is 18.2 Å².